The number of hydrogen-bond acceptors (Lipinski definition) is 7. The molecule has 0 bridgehead atoms. The van der Waals surface area contributed by atoms with E-state index in [1.54, 1.807) is 0 Å². The average Bonchev–Trinajstić information content (AvgIpc) is 2.78. The predicted octanol–water partition coefficient (Wildman–Crippen LogP) is 6.56. The van der Waals surface area contributed by atoms with Crippen LogP contribution >= 0.6 is 63.7 Å². The maximum absolute atomic E-state index is 13.4. The average molecular weight is 740 g/mol. The summed E-state index contributed by atoms with van der Waals surface area (Å²) >= 11 is 13.6. The van der Waals surface area contributed by atoms with E-state index < -0.39 is 29.2 Å². The van der Waals surface area contributed by atoms with E-state index in [0.717, 1.165) is 6.42 Å². The maximum atomic E-state index is 13.4. The Bertz CT molecular complexity index is 878. The van der Waals surface area contributed by atoms with Crippen LogP contribution in [0.15, 0.2) is 17.9 Å². The highest BCUT2D eigenvalue weighted by Gasteiger charge is 2.35. The van der Waals surface area contributed by atoms with Gasteiger partial charge in [-0.15, -0.1) is 0 Å². The SMILES string of the molecule is CCC(C)(CCO)OCCC(C)(CC)OC(=O)c1c(Br)c(Br)c(Br)c(Br)c1C(=O)OCC(C)O. The molecule has 11 heteroatoms. The second-order valence-corrected chi connectivity index (χ2v) is 11.7. The highest BCUT2D eigenvalue weighted by Crippen LogP contribution is 2.43. The lowest BCUT2D eigenvalue weighted by Crippen LogP contribution is -2.36. The number of halogens is 4. The van der Waals surface area contributed by atoms with Crippen LogP contribution in [0.5, 0.6) is 0 Å². The van der Waals surface area contributed by atoms with Crippen molar-refractivity contribution < 1.29 is 34.0 Å². The monoisotopic (exact) mass is 736 g/mol. The molecule has 1 rings (SSSR count). The smallest absolute Gasteiger partial charge is 0.340 e. The molecule has 194 valence electrons. The number of carbonyl (C=O) groups excluding carboxylic acids is 2. The molecule has 3 unspecified atom stereocenters. The Morgan fingerprint density at radius 1 is 0.882 bits per heavy atom. The Hall–Kier alpha value is -0.0400. The van der Waals surface area contributed by atoms with Gasteiger partial charge in [0.15, 0.2) is 0 Å². The minimum Gasteiger partial charge on any atom is -0.459 e. The Morgan fingerprint density at radius 3 is 1.82 bits per heavy atom. The highest BCUT2D eigenvalue weighted by atomic mass is 79.9. The molecule has 3 atom stereocenters. The minimum atomic E-state index is -0.864. The molecule has 0 aliphatic heterocycles. The first-order chi connectivity index (χ1) is 15.8. The van der Waals surface area contributed by atoms with E-state index in [2.05, 4.69) is 63.7 Å². The van der Waals surface area contributed by atoms with Crippen molar-refractivity contribution in [3.05, 3.63) is 29.0 Å². The van der Waals surface area contributed by atoms with Crippen LogP contribution < -0.4 is 0 Å². The molecule has 2 N–H and O–H groups in total. The third kappa shape index (κ3) is 8.52. The molecule has 7 nitrogen and oxygen atoms in total. The molecule has 1 aromatic carbocycles. The summed E-state index contributed by atoms with van der Waals surface area (Å²) in [7, 11) is 0. The topological polar surface area (TPSA) is 102 Å². The van der Waals surface area contributed by atoms with Crippen LogP contribution in [-0.4, -0.2) is 59.3 Å². The van der Waals surface area contributed by atoms with E-state index in [9.17, 15) is 19.8 Å². The number of carbonyl (C=O) groups is 2. The van der Waals surface area contributed by atoms with Gasteiger partial charge in [-0.2, -0.15) is 0 Å². The zero-order chi connectivity index (χ0) is 26.3. The zero-order valence-corrected chi connectivity index (χ0v) is 26.3. The fourth-order valence-electron chi connectivity index (χ4n) is 2.96. The second-order valence-electron chi connectivity index (χ2n) is 8.52. The highest BCUT2D eigenvalue weighted by molar-refractivity contribution is 9.15. The summed E-state index contributed by atoms with van der Waals surface area (Å²) in [5.74, 6) is -1.49. The first-order valence-electron chi connectivity index (χ1n) is 10.9. The van der Waals surface area contributed by atoms with Gasteiger partial charge in [0.05, 0.1) is 29.4 Å². The fraction of sp³-hybridized carbons (Fsp3) is 0.652. The van der Waals surface area contributed by atoms with Gasteiger partial charge in [0.1, 0.15) is 12.2 Å². The summed E-state index contributed by atoms with van der Waals surface area (Å²) in [6.07, 6.45) is 1.33. The van der Waals surface area contributed by atoms with Gasteiger partial charge in [-0.05, 0) is 104 Å². The van der Waals surface area contributed by atoms with Gasteiger partial charge in [0, 0.05) is 30.9 Å². The predicted molar refractivity (Wildman–Crippen MR) is 144 cm³/mol. The van der Waals surface area contributed by atoms with Crippen molar-refractivity contribution in [2.45, 2.75) is 77.6 Å². The number of esters is 2. The van der Waals surface area contributed by atoms with Crippen molar-refractivity contribution >= 4 is 75.7 Å². The van der Waals surface area contributed by atoms with Gasteiger partial charge >= 0.3 is 11.9 Å². The summed E-state index contributed by atoms with van der Waals surface area (Å²) in [6.45, 7) is 9.28. The summed E-state index contributed by atoms with van der Waals surface area (Å²) in [5.41, 5.74) is -1.35. The molecule has 0 heterocycles. The van der Waals surface area contributed by atoms with Crippen LogP contribution in [0, 0.1) is 0 Å². The van der Waals surface area contributed by atoms with Crippen molar-refractivity contribution in [2.24, 2.45) is 0 Å². The molecule has 0 aromatic heterocycles. The minimum absolute atomic E-state index is 0.00295. The normalized spacial score (nSPS) is 15.9. The Balaban J connectivity index is 3.24. The van der Waals surface area contributed by atoms with Gasteiger partial charge in [-0.1, -0.05) is 13.8 Å². The van der Waals surface area contributed by atoms with Crippen LogP contribution in [0.4, 0.5) is 0 Å². The molecule has 0 fully saturated rings. The summed E-state index contributed by atoms with van der Waals surface area (Å²) in [5, 5.41) is 18.8. The molecular formula is C23H32Br4O7. The van der Waals surface area contributed by atoms with Gasteiger partial charge in [0.25, 0.3) is 0 Å². The standard InChI is InChI=1S/C23H32Br4O7/c1-6-22(4,8-10-28)33-11-9-23(5,7-2)34-21(31)15-14(20(30)32-12-13(3)29)16(24)18(26)19(27)17(15)25/h13,28-29H,6-12H2,1-5H3. The molecule has 0 spiro atoms. The fourth-order valence-corrected chi connectivity index (χ4v) is 5.40. The van der Waals surface area contributed by atoms with Crippen LogP contribution in [0.2, 0.25) is 0 Å². The van der Waals surface area contributed by atoms with Gasteiger partial charge < -0.3 is 24.4 Å². The third-order valence-electron chi connectivity index (χ3n) is 5.69. The summed E-state index contributed by atoms with van der Waals surface area (Å²) in [6, 6.07) is 0. The molecule has 0 saturated carbocycles. The largest absolute Gasteiger partial charge is 0.459 e. The Morgan fingerprint density at radius 2 is 1.38 bits per heavy atom. The zero-order valence-electron chi connectivity index (χ0n) is 20.0. The summed E-state index contributed by atoms with van der Waals surface area (Å²) < 4.78 is 18.8. The molecule has 1 aromatic rings. The van der Waals surface area contributed by atoms with Crippen molar-refractivity contribution in [3.8, 4) is 0 Å². The van der Waals surface area contributed by atoms with Gasteiger partial charge in [0.2, 0.25) is 0 Å². The van der Waals surface area contributed by atoms with Crippen LogP contribution in [0.3, 0.4) is 0 Å². The van der Waals surface area contributed by atoms with E-state index in [1.165, 1.54) is 6.92 Å². The quantitative estimate of drug-likeness (QED) is 0.134. The lowest BCUT2D eigenvalue weighted by atomic mass is 9.97. The second kappa shape index (κ2) is 14.0. The molecule has 34 heavy (non-hydrogen) atoms. The molecule has 0 radical (unpaired) electrons. The van der Waals surface area contributed by atoms with Crippen molar-refractivity contribution in [1.82, 2.24) is 0 Å². The Kier molecular flexibility index (Phi) is 13.2. The molecule has 0 amide bonds. The molecule has 0 aliphatic carbocycles. The van der Waals surface area contributed by atoms with E-state index in [-0.39, 0.29) is 24.3 Å². The van der Waals surface area contributed by atoms with E-state index in [1.807, 2.05) is 27.7 Å². The van der Waals surface area contributed by atoms with Crippen LogP contribution in [0.1, 0.15) is 81.0 Å². The third-order valence-corrected chi connectivity index (χ3v) is 10.5. The summed E-state index contributed by atoms with van der Waals surface area (Å²) in [4.78, 5) is 26.3. The van der Waals surface area contributed by atoms with Crippen LogP contribution in [-0.2, 0) is 14.2 Å². The molecule has 0 saturated heterocycles. The first-order valence-corrected chi connectivity index (χ1v) is 14.1. The van der Waals surface area contributed by atoms with E-state index in [0.29, 0.717) is 43.8 Å². The van der Waals surface area contributed by atoms with Crippen LogP contribution in [0.25, 0.3) is 0 Å². The number of hydrogen-bond donors (Lipinski definition) is 2. The number of aliphatic hydroxyl groups is 2. The molecular weight excluding hydrogens is 708 g/mol. The maximum Gasteiger partial charge on any atom is 0.340 e. The van der Waals surface area contributed by atoms with Crippen molar-refractivity contribution in [1.29, 1.82) is 0 Å². The molecule has 0 aliphatic rings. The van der Waals surface area contributed by atoms with E-state index in [4.69, 9.17) is 14.2 Å². The number of ether oxygens (including phenoxy) is 3. The van der Waals surface area contributed by atoms with Crippen molar-refractivity contribution in [3.63, 3.8) is 0 Å². The number of rotatable bonds is 13. The van der Waals surface area contributed by atoms with Gasteiger partial charge in [-0.3, -0.25) is 0 Å². The lowest BCUT2D eigenvalue weighted by Gasteiger charge is -2.33. The lowest BCUT2D eigenvalue weighted by molar-refractivity contribution is -0.0780. The van der Waals surface area contributed by atoms with E-state index >= 15 is 0 Å². The first kappa shape index (κ1) is 32.0. The Labute approximate surface area is 234 Å². The number of benzene rings is 1. The number of aliphatic hydroxyl groups excluding tert-OH is 2. The van der Waals surface area contributed by atoms with Gasteiger partial charge in [-0.25, -0.2) is 9.59 Å². The van der Waals surface area contributed by atoms with Crippen molar-refractivity contribution in [2.75, 3.05) is 19.8 Å².